The fraction of sp³-hybridized carbons (Fsp3) is 0.625. The molecule has 0 saturated carbocycles. The van der Waals surface area contributed by atoms with Crippen molar-refractivity contribution in [2.24, 2.45) is 5.41 Å². The first kappa shape index (κ1) is 22.9. The van der Waals surface area contributed by atoms with Crippen LogP contribution in [0, 0.1) is 5.41 Å². The summed E-state index contributed by atoms with van der Waals surface area (Å²) in [5, 5.41) is 20.8. The molecule has 0 radical (unpaired) electrons. The lowest BCUT2D eigenvalue weighted by Crippen LogP contribution is -2.28. The second-order valence-corrected chi connectivity index (χ2v) is 5.72. The zero-order valence-electron chi connectivity index (χ0n) is 13.8. The summed E-state index contributed by atoms with van der Waals surface area (Å²) >= 11 is 0. The maximum atomic E-state index is 10.8. The molecule has 128 valence electrons. The highest BCUT2D eigenvalue weighted by molar-refractivity contribution is 5.90. The first-order valence-corrected chi connectivity index (χ1v) is 7.31. The van der Waals surface area contributed by atoms with E-state index in [1.165, 1.54) is 44.5 Å². The van der Waals surface area contributed by atoms with Gasteiger partial charge >= 0.3 is 11.9 Å². The molecule has 0 spiro atoms. The molecule has 1 rings (SSSR count). The average Bonchev–Trinajstić information content (AvgIpc) is 2.39. The lowest BCUT2D eigenvalue weighted by atomic mass is 9.80. The monoisotopic (exact) mass is 333 g/mol. The van der Waals surface area contributed by atoms with Crippen LogP contribution in [0.1, 0.15) is 47.0 Å². The van der Waals surface area contributed by atoms with Gasteiger partial charge in [0, 0.05) is 11.6 Å². The van der Waals surface area contributed by atoms with Crippen LogP contribution in [0.2, 0.25) is 0 Å². The van der Waals surface area contributed by atoms with Crippen molar-refractivity contribution in [1.29, 1.82) is 0 Å². The first-order valence-electron chi connectivity index (χ1n) is 7.31. The van der Waals surface area contributed by atoms with Crippen LogP contribution in [0.15, 0.2) is 23.8 Å². The summed E-state index contributed by atoms with van der Waals surface area (Å²) in [6.07, 6.45) is 7.03. The molecular weight excluding hydrogens is 306 g/mol. The number of hydrogen-bond acceptors (Lipinski definition) is 3. The minimum absolute atomic E-state index is 0. The van der Waals surface area contributed by atoms with E-state index in [4.69, 9.17) is 10.2 Å². The number of carbonyl (C=O) groups is 2. The number of aliphatic carboxylic acids is 2. The Morgan fingerprint density at radius 3 is 2.36 bits per heavy atom. The van der Waals surface area contributed by atoms with E-state index < -0.39 is 17.4 Å². The normalized spacial score (nSPS) is 19.6. The maximum Gasteiger partial charge on any atom is 0.331 e. The van der Waals surface area contributed by atoms with Gasteiger partial charge in [0.05, 0.1) is 5.41 Å². The number of carboxylic acids is 2. The number of unbranched alkanes of at least 4 members (excludes halogenated alkanes) is 1. The third-order valence-electron chi connectivity index (χ3n) is 3.17. The van der Waals surface area contributed by atoms with E-state index in [1.54, 1.807) is 0 Å². The van der Waals surface area contributed by atoms with Crippen LogP contribution < -0.4 is 5.32 Å². The second kappa shape index (κ2) is 11.3. The van der Waals surface area contributed by atoms with Gasteiger partial charge in [0.1, 0.15) is 0 Å². The second-order valence-electron chi connectivity index (χ2n) is 5.72. The Labute approximate surface area is 138 Å². The summed E-state index contributed by atoms with van der Waals surface area (Å²) in [6, 6.07) is 0.654. The molecule has 0 aromatic rings. The number of nitrogens with one attached hydrogen (secondary N) is 1. The Kier molecular flexibility index (Phi) is 11.7. The minimum atomic E-state index is -1.08. The molecule has 1 aliphatic carbocycles. The van der Waals surface area contributed by atoms with Gasteiger partial charge in [-0.1, -0.05) is 45.4 Å². The van der Waals surface area contributed by atoms with Crippen molar-refractivity contribution in [3.8, 4) is 0 Å². The smallest absolute Gasteiger partial charge is 0.331 e. The summed E-state index contributed by atoms with van der Waals surface area (Å²) in [7, 11) is 0. The Hall–Kier alpha value is -1.33. The van der Waals surface area contributed by atoms with Gasteiger partial charge in [-0.05, 0) is 26.3 Å². The molecule has 1 atom stereocenters. The highest BCUT2D eigenvalue weighted by Gasteiger charge is 2.34. The van der Waals surface area contributed by atoms with E-state index in [2.05, 4.69) is 26.1 Å². The van der Waals surface area contributed by atoms with Crippen molar-refractivity contribution >= 4 is 24.3 Å². The van der Waals surface area contributed by atoms with Crippen LogP contribution in [0.5, 0.6) is 0 Å². The average molecular weight is 334 g/mol. The van der Waals surface area contributed by atoms with Gasteiger partial charge in [-0.2, -0.15) is 0 Å². The summed E-state index contributed by atoms with van der Waals surface area (Å²) in [5.41, 5.74) is -0.949. The third-order valence-corrected chi connectivity index (χ3v) is 3.17. The van der Waals surface area contributed by atoms with Gasteiger partial charge in [-0.15, -0.1) is 12.4 Å². The minimum Gasteiger partial charge on any atom is -0.481 e. The van der Waals surface area contributed by atoms with Crippen molar-refractivity contribution in [3.63, 3.8) is 0 Å². The van der Waals surface area contributed by atoms with Crippen molar-refractivity contribution in [1.82, 2.24) is 5.32 Å². The Balaban J connectivity index is 0. The summed E-state index contributed by atoms with van der Waals surface area (Å²) in [4.78, 5) is 21.3. The molecule has 22 heavy (non-hydrogen) atoms. The Bertz CT molecular complexity index is 418. The zero-order valence-corrected chi connectivity index (χ0v) is 14.6. The molecule has 3 N–H and O–H groups in total. The molecule has 0 aliphatic heterocycles. The van der Waals surface area contributed by atoms with Crippen LogP contribution >= 0.6 is 12.4 Å². The van der Waals surface area contributed by atoms with Crippen molar-refractivity contribution in [2.75, 3.05) is 6.54 Å². The van der Waals surface area contributed by atoms with Crippen LogP contribution in [-0.2, 0) is 9.59 Å². The third kappa shape index (κ3) is 8.85. The predicted molar refractivity (Wildman–Crippen MR) is 90.5 cm³/mol. The SMILES string of the molecule is CC1(C(=O)O)C=CC=C(C(=O)O)C1.CCCCNC(C)C.Cl. The molecule has 1 unspecified atom stereocenters. The van der Waals surface area contributed by atoms with E-state index in [0.29, 0.717) is 6.04 Å². The Morgan fingerprint density at radius 2 is 1.95 bits per heavy atom. The molecule has 5 nitrogen and oxygen atoms in total. The number of rotatable bonds is 6. The van der Waals surface area contributed by atoms with E-state index >= 15 is 0 Å². The first-order chi connectivity index (χ1) is 9.73. The lowest BCUT2D eigenvalue weighted by Gasteiger charge is -2.23. The number of allylic oxidation sites excluding steroid dienone is 2. The molecule has 0 aromatic carbocycles. The van der Waals surface area contributed by atoms with Crippen LogP contribution in [0.3, 0.4) is 0 Å². The molecular formula is C16H28ClNO4. The number of carboxylic acid groups (broad SMARTS) is 2. The van der Waals surface area contributed by atoms with Gasteiger partial charge in [-0.3, -0.25) is 4.79 Å². The maximum absolute atomic E-state index is 10.8. The van der Waals surface area contributed by atoms with Crippen molar-refractivity contribution in [3.05, 3.63) is 23.8 Å². The standard InChI is InChI=1S/C9H10O4.C7H17N.ClH/c1-9(8(12)13)4-2-3-6(5-9)7(10)11;1-4-5-6-8-7(2)3;/h2-4H,5H2,1H3,(H,10,11)(H,12,13);7-8H,4-6H2,1-3H3;1H. The molecule has 6 heteroatoms. The van der Waals surface area contributed by atoms with E-state index in [1.807, 2.05) is 0 Å². The molecule has 0 heterocycles. The van der Waals surface area contributed by atoms with Gasteiger partial charge in [0.25, 0.3) is 0 Å². The molecule has 1 aliphatic rings. The van der Waals surface area contributed by atoms with E-state index in [-0.39, 0.29) is 24.4 Å². The van der Waals surface area contributed by atoms with Crippen LogP contribution in [0.25, 0.3) is 0 Å². The van der Waals surface area contributed by atoms with Gasteiger partial charge in [0.2, 0.25) is 0 Å². The van der Waals surface area contributed by atoms with Gasteiger partial charge < -0.3 is 15.5 Å². The van der Waals surface area contributed by atoms with Gasteiger partial charge in [-0.25, -0.2) is 4.79 Å². The molecule has 0 fully saturated rings. The molecule has 0 amide bonds. The largest absolute Gasteiger partial charge is 0.481 e. The highest BCUT2D eigenvalue weighted by atomic mass is 35.5. The van der Waals surface area contributed by atoms with Gasteiger partial charge in [0.15, 0.2) is 0 Å². The molecule has 0 aromatic heterocycles. The predicted octanol–water partition coefficient (Wildman–Crippen LogP) is 3.25. The fourth-order valence-corrected chi connectivity index (χ4v) is 1.75. The van der Waals surface area contributed by atoms with Crippen molar-refractivity contribution < 1.29 is 19.8 Å². The van der Waals surface area contributed by atoms with Crippen molar-refractivity contribution in [2.45, 2.75) is 53.0 Å². The molecule has 0 bridgehead atoms. The topological polar surface area (TPSA) is 86.6 Å². The summed E-state index contributed by atoms with van der Waals surface area (Å²) < 4.78 is 0. The summed E-state index contributed by atoms with van der Waals surface area (Å²) in [6.45, 7) is 9.24. The fourth-order valence-electron chi connectivity index (χ4n) is 1.75. The quantitative estimate of drug-likeness (QED) is 0.649. The van der Waals surface area contributed by atoms with E-state index in [0.717, 1.165) is 0 Å². The zero-order chi connectivity index (χ0) is 16.5. The highest BCUT2D eigenvalue weighted by Crippen LogP contribution is 2.31. The Morgan fingerprint density at radius 1 is 1.36 bits per heavy atom. The molecule has 0 saturated heterocycles. The van der Waals surface area contributed by atoms with Crippen LogP contribution in [-0.4, -0.2) is 34.7 Å². The van der Waals surface area contributed by atoms with E-state index in [9.17, 15) is 9.59 Å². The lowest BCUT2D eigenvalue weighted by molar-refractivity contribution is -0.145. The number of halogens is 1. The van der Waals surface area contributed by atoms with Crippen LogP contribution in [0.4, 0.5) is 0 Å². The number of hydrogen-bond donors (Lipinski definition) is 3. The summed E-state index contributed by atoms with van der Waals surface area (Å²) in [5.74, 6) is -2.06.